The molecule has 1 aliphatic heterocycles. The second-order valence-electron chi connectivity index (χ2n) is 6.91. The van der Waals surface area contributed by atoms with Crippen LogP contribution in [0, 0.1) is 28.5 Å². The van der Waals surface area contributed by atoms with Gasteiger partial charge in [-0.3, -0.25) is 4.79 Å². The zero-order valence-corrected chi connectivity index (χ0v) is 15.4. The Balaban J connectivity index is 1.95. The Morgan fingerprint density at radius 1 is 0.933 bits per heavy atom. The summed E-state index contributed by atoms with van der Waals surface area (Å²) in [6.45, 7) is 0. The summed E-state index contributed by atoms with van der Waals surface area (Å²) >= 11 is 0. The van der Waals surface area contributed by atoms with Crippen molar-refractivity contribution in [2.24, 2.45) is 0 Å². The summed E-state index contributed by atoms with van der Waals surface area (Å²) in [5, 5.41) is 20.2. The normalized spacial score (nSPS) is 15.3. The van der Waals surface area contributed by atoms with Crippen molar-refractivity contribution < 1.29 is 13.9 Å². The summed E-state index contributed by atoms with van der Waals surface area (Å²) in [5.74, 6) is -0.899. The molecule has 6 nitrogen and oxygen atoms in total. The molecule has 0 radical (unpaired) electrons. The van der Waals surface area contributed by atoms with E-state index in [0.29, 0.717) is 33.1 Å². The van der Waals surface area contributed by atoms with Gasteiger partial charge in [-0.1, -0.05) is 36.4 Å². The van der Waals surface area contributed by atoms with Crippen LogP contribution in [0.15, 0.2) is 48.5 Å². The van der Waals surface area contributed by atoms with Gasteiger partial charge in [-0.15, -0.1) is 0 Å². The minimum atomic E-state index is -0.456. The molecule has 5 rings (SSSR count). The minimum Gasteiger partial charge on any atom is -0.425 e. The van der Waals surface area contributed by atoms with Crippen LogP contribution in [0.1, 0.15) is 34.9 Å². The van der Waals surface area contributed by atoms with Crippen molar-refractivity contribution in [3.8, 4) is 17.9 Å². The van der Waals surface area contributed by atoms with Gasteiger partial charge >= 0.3 is 5.97 Å². The highest BCUT2D eigenvalue weighted by molar-refractivity contribution is 6.11. The quantitative estimate of drug-likeness (QED) is 0.274. The number of hydrogen-bond donors (Lipinski definition) is 0. The Kier molecular flexibility index (Phi) is 3.90. The maximum absolute atomic E-state index is 13.5. The summed E-state index contributed by atoms with van der Waals surface area (Å²) in [7, 11) is 0. The highest BCUT2D eigenvalue weighted by Crippen LogP contribution is 2.46. The predicted octanol–water partition coefficient (Wildman–Crippen LogP) is 4.11. The molecule has 2 heterocycles. The summed E-state index contributed by atoms with van der Waals surface area (Å²) in [6.07, 6.45) is 0.0373. The molecule has 1 atom stereocenters. The highest BCUT2D eigenvalue weighted by Gasteiger charge is 2.33. The zero-order valence-electron chi connectivity index (χ0n) is 15.4. The smallest absolute Gasteiger partial charge is 0.312 e. The monoisotopic (exact) mass is 394 g/mol. The summed E-state index contributed by atoms with van der Waals surface area (Å²) in [6, 6.07) is 16.9. The number of aromatic nitrogens is 2. The van der Waals surface area contributed by atoms with E-state index in [9.17, 15) is 19.7 Å². The number of halogens is 1. The molecule has 3 aromatic carbocycles. The fraction of sp³-hybridized carbons (Fsp3) is 0.0870. The molecule has 4 aromatic rings. The lowest BCUT2D eigenvalue weighted by atomic mass is 9.83. The van der Waals surface area contributed by atoms with Crippen molar-refractivity contribution >= 4 is 27.8 Å². The minimum absolute atomic E-state index is 0.0373. The molecule has 0 aliphatic carbocycles. The number of ether oxygens (including phenoxy) is 1. The van der Waals surface area contributed by atoms with E-state index in [2.05, 4.69) is 9.97 Å². The summed E-state index contributed by atoms with van der Waals surface area (Å²) < 4.78 is 19.1. The fourth-order valence-corrected chi connectivity index (χ4v) is 3.94. The van der Waals surface area contributed by atoms with Crippen LogP contribution >= 0.6 is 0 Å². The SMILES string of the molecule is N#Cc1nc2c3c(c4ccccc4c2nc1C#N)OC(=O)CC3c1ccc(F)cc1. The lowest BCUT2D eigenvalue weighted by Crippen LogP contribution is -2.22. The van der Waals surface area contributed by atoms with Gasteiger partial charge in [0.15, 0.2) is 11.4 Å². The van der Waals surface area contributed by atoms with E-state index in [4.69, 9.17) is 4.74 Å². The first-order valence-corrected chi connectivity index (χ1v) is 9.13. The second kappa shape index (κ2) is 6.61. The van der Waals surface area contributed by atoms with Crippen LogP contribution < -0.4 is 4.74 Å². The van der Waals surface area contributed by atoms with Gasteiger partial charge < -0.3 is 4.74 Å². The van der Waals surface area contributed by atoms with Gasteiger partial charge in [0, 0.05) is 22.3 Å². The van der Waals surface area contributed by atoms with Crippen molar-refractivity contribution in [2.75, 3.05) is 0 Å². The fourth-order valence-electron chi connectivity index (χ4n) is 3.94. The number of rotatable bonds is 1. The van der Waals surface area contributed by atoms with E-state index >= 15 is 0 Å². The third kappa shape index (κ3) is 2.57. The summed E-state index contributed by atoms with van der Waals surface area (Å²) in [4.78, 5) is 21.3. The van der Waals surface area contributed by atoms with E-state index in [1.807, 2.05) is 24.3 Å². The molecular formula is C23H11FN4O2. The highest BCUT2D eigenvalue weighted by atomic mass is 19.1. The number of nitriles is 2. The van der Waals surface area contributed by atoms with Gasteiger partial charge in [-0.05, 0) is 17.7 Å². The molecule has 1 aromatic heterocycles. The average Bonchev–Trinajstić information content (AvgIpc) is 2.78. The van der Waals surface area contributed by atoms with Gasteiger partial charge in [0.2, 0.25) is 0 Å². The Morgan fingerprint density at radius 2 is 1.57 bits per heavy atom. The van der Waals surface area contributed by atoms with Crippen LogP contribution in [-0.2, 0) is 4.79 Å². The van der Waals surface area contributed by atoms with E-state index in [1.165, 1.54) is 12.1 Å². The van der Waals surface area contributed by atoms with Crippen molar-refractivity contribution in [3.63, 3.8) is 0 Å². The molecular weight excluding hydrogens is 383 g/mol. The Labute approximate surface area is 169 Å². The van der Waals surface area contributed by atoms with Crippen molar-refractivity contribution in [1.29, 1.82) is 10.5 Å². The maximum Gasteiger partial charge on any atom is 0.312 e. The molecule has 0 saturated carbocycles. The number of hydrogen-bond acceptors (Lipinski definition) is 6. The molecule has 30 heavy (non-hydrogen) atoms. The van der Waals surface area contributed by atoms with Gasteiger partial charge in [0.05, 0.1) is 17.5 Å². The maximum atomic E-state index is 13.5. The standard InChI is InChI=1S/C23H11FN4O2/c24-13-7-5-12(6-8-13)16-9-19(29)30-23-15-4-2-1-3-14(15)21-22(20(16)23)28-18(11-26)17(10-25)27-21/h1-8,16H,9H2. The molecule has 0 bridgehead atoms. The Bertz CT molecular complexity index is 1450. The van der Waals surface area contributed by atoms with Crippen molar-refractivity contribution in [1.82, 2.24) is 9.97 Å². The largest absolute Gasteiger partial charge is 0.425 e. The lowest BCUT2D eigenvalue weighted by molar-refractivity contribution is -0.135. The Hall–Kier alpha value is -4.36. The first-order valence-electron chi connectivity index (χ1n) is 9.13. The molecule has 0 N–H and O–H groups in total. The molecule has 0 amide bonds. The van der Waals surface area contributed by atoms with Gasteiger partial charge in [-0.2, -0.15) is 10.5 Å². The molecule has 0 fully saturated rings. The molecule has 0 saturated heterocycles. The number of benzene rings is 3. The Morgan fingerprint density at radius 3 is 2.23 bits per heavy atom. The van der Waals surface area contributed by atoms with Crippen LogP contribution in [0.3, 0.4) is 0 Å². The van der Waals surface area contributed by atoms with Gasteiger partial charge in [0.1, 0.15) is 23.7 Å². The van der Waals surface area contributed by atoms with Crippen LogP contribution in [0.5, 0.6) is 5.75 Å². The number of carbonyl (C=O) groups excluding carboxylic acids is 1. The first-order chi connectivity index (χ1) is 14.6. The average molecular weight is 394 g/mol. The first kappa shape index (κ1) is 17.7. The van der Waals surface area contributed by atoms with Crippen LogP contribution in [0.4, 0.5) is 4.39 Å². The molecule has 7 heteroatoms. The topological polar surface area (TPSA) is 99.7 Å². The third-order valence-corrected chi connectivity index (χ3v) is 5.24. The van der Waals surface area contributed by atoms with E-state index in [0.717, 1.165) is 5.56 Å². The molecule has 142 valence electrons. The van der Waals surface area contributed by atoms with E-state index in [1.54, 1.807) is 24.3 Å². The number of carbonyl (C=O) groups is 1. The van der Waals surface area contributed by atoms with Crippen molar-refractivity contribution in [2.45, 2.75) is 12.3 Å². The third-order valence-electron chi connectivity index (χ3n) is 5.24. The molecule has 0 spiro atoms. The summed E-state index contributed by atoms with van der Waals surface area (Å²) in [5.41, 5.74) is 1.99. The number of nitrogens with zero attached hydrogens (tertiary/aromatic N) is 4. The predicted molar refractivity (Wildman–Crippen MR) is 105 cm³/mol. The zero-order chi connectivity index (χ0) is 20.8. The van der Waals surface area contributed by atoms with E-state index < -0.39 is 11.9 Å². The number of fused-ring (bicyclic) bond motifs is 6. The van der Waals surface area contributed by atoms with Crippen LogP contribution in [-0.4, -0.2) is 15.9 Å². The second-order valence-corrected chi connectivity index (χ2v) is 6.91. The van der Waals surface area contributed by atoms with Gasteiger partial charge in [-0.25, -0.2) is 14.4 Å². The lowest BCUT2D eigenvalue weighted by Gasteiger charge is -2.27. The molecule has 1 unspecified atom stereocenters. The van der Waals surface area contributed by atoms with E-state index in [-0.39, 0.29) is 23.6 Å². The van der Waals surface area contributed by atoms with Gasteiger partial charge in [0.25, 0.3) is 0 Å². The van der Waals surface area contributed by atoms with Crippen LogP contribution in [0.2, 0.25) is 0 Å². The number of esters is 1. The van der Waals surface area contributed by atoms with Crippen molar-refractivity contribution in [3.05, 3.63) is 76.9 Å². The van der Waals surface area contributed by atoms with Crippen LogP contribution in [0.25, 0.3) is 21.8 Å². The molecule has 1 aliphatic rings.